The van der Waals surface area contributed by atoms with E-state index in [4.69, 9.17) is 5.11 Å². The molecule has 9 heavy (non-hydrogen) atoms. The molecule has 43 valence electrons. The van der Waals surface area contributed by atoms with Crippen molar-refractivity contribution in [3.63, 3.8) is 0 Å². The third-order valence-electron chi connectivity index (χ3n) is 1.03. The molecule has 0 aliphatic rings. The van der Waals surface area contributed by atoms with Crippen molar-refractivity contribution in [1.82, 2.24) is 0 Å². The van der Waals surface area contributed by atoms with Gasteiger partial charge in [0.15, 0.2) is 0 Å². The monoisotopic (exact) mass is 115 g/mol. The molecule has 0 aliphatic carbocycles. The Morgan fingerprint density at radius 1 is 1.11 bits per heavy atom. The zero-order chi connectivity index (χ0) is 5.82. The van der Waals surface area contributed by atoms with E-state index >= 15 is 0 Å². The summed E-state index contributed by atoms with van der Waals surface area (Å²) in [6.07, 6.45) is 0. The van der Waals surface area contributed by atoms with Crippen molar-refractivity contribution in [3.05, 3.63) is 35.9 Å². The summed E-state index contributed by atoms with van der Waals surface area (Å²) in [7, 11) is 0. The number of hydrogen-bond acceptors (Lipinski definition) is 1. The Morgan fingerprint density at radius 3 is 2.00 bits per heavy atom. The number of aliphatic hydroxyl groups is 1. The first-order valence-corrected chi connectivity index (χ1v) is 2.58. The zero-order valence-electron chi connectivity index (χ0n) is 5.54. The molecule has 0 heterocycles. The molecule has 0 bridgehead atoms. The Balaban J connectivity index is 0.000000640. The summed E-state index contributed by atoms with van der Waals surface area (Å²) >= 11 is 0. The van der Waals surface area contributed by atoms with Gasteiger partial charge in [-0.3, -0.25) is 0 Å². The molecule has 1 nitrogen and oxygen atoms in total. The molecule has 0 amide bonds. The Kier molecular flexibility index (Phi) is 4.52. The molecule has 1 rings (SSSR count). The fraction of sp³-hybridized carbons (Fsp3) is 0.143. The summed E-state index contributed by atoms with van der Waals surface area (Å²) in [5.74, 6) is 0. The molecule has 0 aliphatic heterocycles. The van der Waals surface area contributed by atoms with Crippen LogP contribution in [0.5, 0.6) is 0 Å². The van der Waals surface area contributed by atoms with Crippen LogP contribution in [0.25, 0.3) is 0 Å². The van der Waals surface area contributed by atoms with Crippen molar-refractivity contribution in [2.45, 2.75) is 6.61 Å². The molecule has 0 spiro atoms. The van der Waals surface area contributed by atoms with E-state index < -0.39 is 0 Å². The van der Waals surface area contributed by atoms with Gasteiger partial charge in [-0.25, -0.2) is 0 Å². The third kappa shape index (κ3) is 2.72. The van der Waals surface area contributed by atoms with Gasteiger partial charge in [-0.2, -0.15) is 0 Å². The van der Waals surface area contributed by atoms with Crippen molar-refractivity contribution in [2.75, 3.05) is 0 Å². The largest absolute Gasteiger partial charge is 0.392 e. The van der Waals surface area contributed by atoms with Gasteiger partial charge < -0.3 is 5.11 Å². The Bertz CT molecular complexity index is 150. The molecule has 0 saturated carbocycles. The average Bonchev–Trinajstić information content (AvgIpc) is 1.90. The van der Waals surface area contributed by atoms with Crippen LogP contribution in [0.15, 0.2) is 30.3 Å². The zero-order valence-corrected chi connectivity index (χ0v) is 5.54. The van der Waals surface area contributed by atoms with Crippen LogP contribution >= 0.6 is 0 Å². The standard InChI is InChI=1S/C7H8O.Li/c8-6-7-4-2-1-3-5-7;/h1-5,8H,6H2;. The summed E-state index contributed by atoms with van der Waals surface area (Å²) in [6, 6.07) is 9.52. The maximum atomic E-state index is 8.54. The topological polar surface area (TPSA) is 20.2 Å². The Hall–Kier alpha value is -0.223. The molecule has 1 N–H and O–H groups in total. The Morgan fingerprint density at radius 2 is 1.67 bits per heavy atom. The van der Waals surface area contributed by atoms with Gasteiger partial charge in [-0.15, -0.1) is 0 Å². The van der Waals surface area contributed by atoms with Crippen molar-refractivity contribution >= 4 is 18.9 Å². The normalized spacial score (nSPS) is 8.11. The number of rotatable bonds is 1. The fourth-order valence-corrected chi connectivity index (χ4v) is 0.583. The minimum absolute atomic E-state index is 0. The summed E-state index contributed by atoms with van der Waals surface area (Å²) in [5.41, 5.74) is 0.965. The molecule has 0 fully saturated rings. The predicted octanol–water partition coefficient (Wildman–Crippen LogP) is 0.798. The van der Waals surface area contributed by atoms with E-state index in [2.05, 4.69) is 0 Å². The van der Waals surface area contributed by atoms with Gasteiger partial charge in [-0.1, -0.05) is 30.3 Å². The van der Waals surface area contributed by atoms with Crippen molar-refractivity contribution in [3.8, 4) is 0 Å². The van der Waals surface area contributed by atoms with Crippen molar-refractivity contribution in [1.29, 1.82) is 0 Å². The van der Waals surface area contributed by atoms with Crippen LogP contribution in [0.1, 0.15) is 5.56 Å². The van der Waals surface area contributed by atoms with E-state index in [9.17, 15) is 0 Å². The van der Waals surface area contributed by atoms with Gasteiger partial charge in [0.25, 0.3) is 0 Å². The molecular weight excluding hydrogens is 107 g/mol. The number of hydrogen-bond donors (Lipinski definition) is 1. The van der Waals surface area contributed by atoms with Gasteiger partial charge in [0.2, 0.25) is 0 Å². The van der Waals surface area contributed by atoms with E-state index in [0.29, 0.717) is 0 Å². The molecule has 0 unspecified atom stereocenters. The summed E-state index contributed by atoms with van der Waals surface area (Å²) < 4.78 is 0. The molecular formula is C7H8LiO. The van der Waals surface area contributed by atoms with Crippen molar-refractivity contribution < 1.29 is 5.11 Å². The molecule has 0 aromatic heterocycles. The maximum Gasteiger partial charge on any atom is 0.0681 e. The molecule has 1 aromatic carbocycles. The number of benzene rings is 1. The second-order valence-corrected chi connectivity index (χ2v) is 1.64. The maximum absolute atomic E-state index is 8.54. The third-order valence-corrected chi connectivity index (χ3v) is 1.03. The van der Waals surface area contributed by atoms with E-state index in [1.165, 1.54) is 0 Å². The van der Waals surface area contributed by atoms with Gasteiger partial charge in [0.05, 0.1) is 6.61 Å². The molecule has 1 radical (unpaired) electrons. The molecule has 0 saturated heterocycles. The van der Waals surface area contributed by atoms with Crippen LogP contribution in [0.2, 0.25) is 0 Å². The van der Waals surface area contributed by atoms with Gasteiger partial charge in [0, 0.05) is 18.9 Å². The quantitative estimate of drug-likeness (QED) is 0.536. The SMILES string of the molecule is OCc1ccccc1.[Li]. The van der Waals surface area contributed by atoms with Crippen LogP contribution in [0.3, 0.4) is 0 Å². The smallest absolute Gasteiger partial charge is 0.0681 e. The van der Waals surface area contributed by atoms with Gasteiger partial charge >= 0.3 is 0 Å². The first kappa shape index (κ1) is 8.78. The first-order valence-electron chi connectivity index (χ1n) is 2.58. The fourth-order valence-electron chi connectivity index (χ4n) is 0.583. The predicted molar refractivity (Wildman–Crippen MR) is 38.1 cm³/mol. The number of aliphatic hydroxyl groups excluding tert-OH is 1. The van der Waals surface area contributed by atoms with Crippen LogP contribution in [-0.4, -0.2) is 24.0 Å². The molecule has 0 atom stereocenters. The van der Waals surface area contributed by atoms with E-state index in [1.54, 1.807) is 0 Å². The van der Waals surface area contributed by atoms with Gasteiger partial charge in [-0.05, 0) is 5.56 Å². The van der Waals surface area contributed by atoms with Crippen LogP contribution in [0, 0.1) is 0 Å². The molecule has 2 heteroatoms. The second kappa shape index (κ2) is 4.64. The summed E-state index contributed by atoms with van der Waals surface area (Å²) in [5, 5.41) is 8.54. The first-order chi connectivity index (χ1) is 3.93. The minimum atomic E-state index is 0. The van der Waals surface area contributed by atoms with Crippen molar-refractivity contribution in [2.24, 2.45) is 0 Å². The van der Waals surface area contributed by atoms with Gasteiger partial charge in [0.1, 0.15) is 0 Å². The Labute approximate surface area is 66.9 Å². The summed E-state index contributed by atoms with van der Waals surface area (Å²) in [4.78, 5) is 0. The van der Waals surface area contributed by atoms with Crippen LogP contribution in [-0.2, 0) is 6.61 Å². The van der Waals surface area contributed by atoms with E-state index in [0.717, 1.165) is 5.56 Å². The van der Waals surface area contributed by atoms with Crippen LogP contribution < -0.4 is 0 Å². The molecule has 1 aromatic rings. The minimum Gasteiger partial charge on any atom is -0.392 e. The van der Waals surface area contributed by atoms with Crippen LogP contribution in [0.4, 0.5) is 0 Å². The average molecular weight is 115 g/mol. The summed E-state index contributed by atoms with van der Waals surface area (Å²) in [6.45, 7) is 0.140. The van der Waals surface area contributed by atoms with E-state index in [1.807, 2.05) is 30.3 Å². The second-order valence-electron chi connectivity index (χ2n) is 1.64. The van der Waals surface area contributed by atoms with E-state index in [-0.39, 0.29) is 25.5 Å².